The highest BCUT2D eigenvalue weighted by molar-refractivity contribution is 7.91. The standard InChI is InChI=1S/C13H18N4O2S/c1-14-9-11-3-5-12(6-4-11)10-20(18,19)16-13-7-8-17(2)15-13/h3-8,14H,9-10H2,1-2H3,(H,15,16). The second-order valence-electron chi connectivity index (χ2n) is 4.58. The third-order valence-electron chi connectivity index (χ3n) is 2.73. The topological polar surface area (TPSA) is 76.0 Å². The van der Waals surface area contributed by atoms with Crippen LogP contribution in [0.4, 0.5) is 5.82 Å². The maximum absolute atomic E-state index is 12.0. The van der Waals surface area contributed by atoms with E-state index in [9.17, 15) is 8.42 Å². The molecule has 1 aromatic carbocycles. The van der Waals surface area contributed by atoms with Crippen LogP contribution in [0.3, 0.4) is 0 Å². The van der Waals surface area contributed by atoms with E-state index in [1.165, 1.54) is 0 Å². The summed E-state index contributed by atoms with van der Waals surface area (Å²) in [5.74, 6) is 0.267. The summed E-state index contributed by atoms with van der Waals surface area (Å²) in [6.07, 6.45) is 1.68. The number of benzene rings is 1. The smallest absolute Gasteiger partial charge is 0.238 e. The lowest BCUT2D eigenvalue weighted by Crippen LogP contribution is -2.15. The molecule has 0 saturated heterocycles. The van der Waals surface area contributed by atoms with Gasteiger partial charge in [-0.15, -0.1) is 0 Å². The Morgan fingerprint density at radius 1 is 1.15 bits per heavy atom. The summed E-state index contributed by atoms with van der Waals surface area (Å²) >= 11 is 0. The Balaban J connectivity index is 2.04. The zero-order valence-electron chi connectivity index (χ0n) is 11.5. The molecule has 0 radical (unpaired) electrons. The number of rotatable bonds is 6. The monoisotopic (exact) mass is 294 g/mol. The van der Waals surface area contributed by atoms with Gasteiger partial charge in [-0.2, -0.15) is 5.10 Å². The van der Waals surface area contributed by atoms with E-state index in [1.54, 1.807) is 24.0 Å². The van der Waals surface area contributed by atoms with E-state index in [4.69, 9.17) is 0 Å². The fourth-order valence-electron chi connectivity index (χ4n) is 1.84. The van der Waals surface area contributed by atoms with Crippen LogP contribution in [-0.4, -0.2) is 25.2 Å². The maximum Gasteiger partial charge on any atom is 0.238 e. The second kappa shape index (κ2) is 6.06. The average molecular weight is 294 g/mol. The minimum absolute atomic E-state index is 0.0661. The summed E-state index contributed by atoms with van der Waals surface area (Å²) in [6, 6.07) is 9.10. The summed E-state index contributed by atoms with van der Waals surface area (Å²) in [5.41, 5.74) is 1.86. The van der Waals surface area contributed by atoms with Gasteiger partial charge in [0.25, 0.3) is 0 Å². The van der Waals surface area contributed by atoms with Gasteiger partial charge in [0.05, 0.1) is 5.75 Å². The van der Waals surface area contributed by atoms with Crippen molar-refractivity contribution in [2.24, 2.45) is 7.05 Å². The second-order valence-corrected chi connectivity index (χ2v) is 6.30. The number of nitrogens with zero attached hydrogens (tertiary/aromatic N) is 2. The van der Waals surface area contributed by atoms with Crippen molar-refractivity contribution in [3.63, 3.8) is 0 Å². The van der Waals surface area contributed by atoms with E-state index in [2.05, 4.69) is 15.1 Å². The van der Waals surface area contributed by atoms with Crippen molar-refractivity contribution >= 4 is 15.8 Å². The molecule has 2 rings (SSSR count). The van der Waals surface area contributed by atoms with E-state index in [1.807, 2.05) is 31.3 Å². The first kappa shape index (κ1) is 14.5. The molecule has 0 bridgehead atoms. The minimum atomic E-state index is -3.44. The summed E-state index contributed by atoms with van der Waals surface area (Å²) in [4.78, 5) is 0. The zero-order chi connectivity index (χ0) is 14.6. The molecule has 0 fully saturated rings. The number of sulfonamides is 1. The fraction of sp³-hybridized carbons (Fsp3) is 0.308. The molecule has 0 saturated carbocycles. The molecule has 7 heteroatoms. The van der Waals surface area contributed by atoms with Gasteiger partial charge >= 0.3 is 0 Å². The first-order valence-electron chi connectivity index (χ1n) is 6.21. The molecular formula is C13H18N4O2S. The van der Waals surface area contributed by atoms with Crippen LogP contribution in [0.25, 0.3) is 0 Å². The van der Waals surface area contributed by atoms with Crippen molar-refractivity contribution in [2.75, 3.05) is 11.8 Å². The normalized spacial score (nSPS) is 11.5. The summed E-state index contributed by atoms with van der Waals surface area (Å²) in [5, 5.41) is 7.04. The summed E-state index contributed by atoms with van der Waals surface area (Å²) in [7, 11) is 0.164. The number of hydrogen-bond donors (Lipinski definition) is 2. The minimum Gasteiger partial charge on any atom is -0.316 e. The van der Waals surface area contributed by atoms with Crippen molar-refractivity contribution in [2.45, 2.75) is 12.3 Å². The molecule has 2 N–H and O–H groups in total. The lowest BCUT2D eigenvalue weighted by molar-refractivity contribution is 0.600. The zero-order valence-corrected chi connectivity index (χ0v) is 12.3. The first-order chi connectivity index (χ1) is 9.48. The summed E-state index contributed by atoms with van der Waals surface area (Å²) in [6.45, 7) is 0.763. The molecular weight excluding hydrogens is 276 g/mol. The fourth-order valence-corrected chi connectivity index (χ4v) is 2.97. The molecule has 0 unspecified atom stereocenters. The van der Waals surface area contributed by atoms with E-state index < -0.39 is 10.0 Å². The predicted molar refractivity (Wildman–Crippen MR) is 78.7 cm³/mol. The van der Waals surface area contributed by atoms with Gasteiger partial charge in [0, 0.05) is 25.9 Å². The lowest BCUT2D eigenvalue weighted by Gasteiger charge is -2.06. The molecule has 1 aromatic heterocycles. The SMILES string of the molecule is CNCc1ccc(CS(=O)(=O)Nc2ccn(C)n2)cc1. The van der Waals surface area contributed by atoms with Crippen molar-refractivity contribution < 1.29 is 8.42 Å². The largest absolute Gasteiger partial charge is 0.316 e. The van der Waals surface area contributed by atoms with E-state index in [0.29, 0.717) is 5.82 Å². The highest BCUT2D eigenvalue weighted by Crippen LogP contribution is 2.11. The van der Waals surface area contributed by atoms with Crippen LogP contribution >= 0.6 is 0 Å². The van der Waals surface area contributed by atoms with Crippen LogP contribution in [0, 0.1) is 0 Å². The first-order valence-corrected chi connectivity index (χ1v) is 7.86. The third kappa shape index (κ3) is 4.07. The predicted octanol–water partition coefficient (Wildman–Crippen LogP) is 1.08. The van der Waals surface area contributed by atoms with Gasteiger partial charge in [-0.05, 0) is 18.2 Å². The van der Waals surface area contributed by atoms with Crippen LogP contribution in [0.2, 0.25) is 0 Å². The number of nitrogens with one attached hydrogen (secondary N) is 2. The van der Waals surface area contributed by atoms with Crippen LogP contribution in [0.1, 0.15) is 11.1 Å². The molecule has 108 valence electrons. The maximum atomic E-state index is 12.0. The molecule has 20 heavy (non-hydrogen) atoms. The Morgan fingerprint density at radius 2 is 1.80 bits per heavy atom. The van der Waals surface area contributed by atoms with Crippen LogP contribution in [0.15, 0.2) is 36.5 Å². The highest BCUT2D eigenvalue weighted by Gasteiger charge is 2.13. The van der Waals surface area contributed by atoms with Crippen LogP contribution in [-0.2, 0) is 29.4 Å². The van der Waals surface area contributed by atoms with Crippen molar-refractivity contribution in [3.05, 3.63) is 47.7 Å². The Kier molecular flexibility index (Phi) is 4.41. The quantitative estimate of drug-likeness (QED) is 0.836. The van der Waals surface area contributed by atoms with Gasteiger partial charge in [-0.1, -0.05) is 24.3 Å². The van der Waals surface area contributed by atoms with Crippen molar-refractivity contribution in [3.8, 4) is 0 Å². The third-order valence-corrected chi connectivity index (χ3v) is 3.97. The molecule has 0 atom stereocenters. The van der Waals surface area contributed by atoms with E-state index in [0.717, 1.165) is 17.7 Å². The van der Waals surface area contributed by atoms with Gasteiger partial charge in [0.15, 0.2) is 5.82 Å². The number of aromatic nitrogens is 2. The Morgan fingerprint density at radius 3 is 2.35 bits per heavy atom. The Hall–Kier alpha value is -1.86. The van der Waals surface area contributed by atoms with E-state index >= 15 is 0 Å². The lowest BCUT2D eigenvalue weighted by atomic mass is 10.1. The molecule has 0 aliphatic heterocycles. The van der Waals surface area contributed by atoms with Gasteiger partial charge in [-0.3, -0.25) is 9.40 Å². The van der Waals surface area contributed by atoms with Crippen molar-refractivity contribution in [1.29, 1.82) is 0 Å². The van der Waals surface area contributed by atoms with Gasteiger partial charge in [-0.25, -0.2) is 8.42 Å². The number of hydrogen-bond acceptors (Lipinski definition) is 4. The number of anilines is 1. The average Bonchev–Trinajstić information content (AvgIpc) is 2.76. The molecule has 6 nitrogen and oxygen atoms in total. The molecule has 0 aliphatic carbocycles. The van der Waals surface area contributed by atoms with Crippen LogP contribution < -0.4 is 10.0 Å². The molecule has 2 aromatic rings. The molecule has 0 spiro atoms. The highest BCUT2D eigenvalue weighted by atomic mass is 32.2. The molecule has 0 aliphatic rings. The van der Waals surface area contributed by atoms with E-state index in [-0.39, 0.29) is 5.75 Å². The molecule has 1 heterocycles. The van der Waals surface area contributed by atoms with Gasteiger partial charge in [0.1, 0.15) is 0 Å². The Labute approximate surface area is 118 Å². The summed E-state index contributed by atoms with van der Waals surface area (Å²) < 4.78 is 28.0. The Bertz CT molecular complexity index is 662. The van der Waals surface area contributed by atoms with Crippen LogP contribution in [0.5, 0.6) is 0 Å². The molecule has 0 amide bonds. The number of aryl methyl sites for hydroxylation is 1. The van der Waals surface area contributed by atoms with Crippen molar-refractivity contribution in [1.82, 2.24) is 15.1 Å². The van der Waals surface area contributed by atoms with Gasteiger partial charge in [0.2, 0.25) is 10.0 Å². The van der Waals surface area contributed by atoms with Gasteiger partial charge < -0.3 is 5.32 Å².